The lowest BCUT2D eigenvalue weighted by molar-refractivity contribution is -0.00364. The molecule has 0 unspecified atom stereocenters. The van der Waals surface area contributed by atoms with Gasteiger partial charge in [-0.15, -0.1) is 0 Å². The van der Waals surface area contributed by atoms with Gasteiger partial charge in [0.25, 0.3) is 0 Å². The Morgan fingerprint density at radius 2 is 2.00 bits per heavy atom. The first kappa shape index (κ1) is 15.4. The monoisotopic (exact) mass is 314 g/mol. The Balaban J connectivity index is 1.60. The van der Waals surface area contributed by atoms with Gasteiger partial charge in [0.2, 0.25) is 0 Å². The predicted octanol–water partition coefficient (Wildman–Crippen LogP) is 1.81. The van der Waals surface area contributed by atoms with Crippen molar-refractivity contribution in [2.24, 2.45) is 0 Å². The van der Waals surface area contributed by atoms with Gasteiger partial charge in [-0.1, -0.05) is 6.07 Å². The van der Waals surface area contributed by atoms with E-state index in [-0.39, 0.29) is 11.7 Å². The zero-order valence-corrected chi connectivity index (χ0v) is 12.5. The highest BCUT2D eigenvalue weighted by Crippen LogP contribution is 2.37. The lowest BCUT2D eigenvalue weighted by Crippen LogP contribution is -2.36. The quantitative estimate of drug-likeness (QED) is 0.789. The van der Waals surface area contributed by atoms with Crippen LogP contribution in [-0.4, -0.2) is 37.2 Å². The van der Waals surface area contributed by atoms with E-state index < -0.39 is 11.6 Å². The van der Waals surface area contributed by atoms with Crippen molar-refractivity contribution in [3.05, 3.63) is 48.2 Å². The summed E-state index contributed by atoms with van der Waals surface area (Å²) in [5.41, 5.74) is -0.0557. The number of aliphatic hydroxyl groups is 1. The Morgan fingerprint density at radius 3 is 2.57 bits per heavy atom. The first-order valence-electron chi connectivity index (χ1n) is 7.51. The zero-order chi connectivity index (χ0) is 16.3. The number of nitrogens with zero attached hydrogens (tertiary/aromatic N) is 3. The second-order valence-corrected chi connectivity index (χ2v) is 5.78. The second-order valence-electron chi connectivity index (χ2n) is 5.78. The van der Waals surface area contributed by atoms with E-state index in [0.29, 0.717) is 18.7 Å². The molecule has 1 fully saturated rings. The smallest absolute Gasteiger partial charge is 0.356 e. The highest BCUT2D eigenvalue weighted by atomic mass is 16.4. The van der Waals surface area contributed by atoms with Gasteiger partial charge in [-0.05, 0) is 31.7 Å². The van der Waals surface area contributed by atoms with Crippen LogP contribution in [0.4, 0.5) is 5.82 Å². The van der Waals surface area contributed by atoms with Gasteiger partial charge in [0.05, 0.1) is 18.0 Å². The highest BCUT2D eigenvalue weighted by molar-refractivity contribution is 5.84. The molecule has 0 atom stereocenters. The molecular formula is C16H18N4O3. The van der Waals surface area contributed by atoms with E-state index in [1.165, 1.54) is 12.4 Å². The molecule has 0 aliphatic heterocycles. The van der Waals surface area contributed by atoms with Crippen molar-refractivity contribution >= 4 is 11.8 Å². The standard InChI is InChI=1S/C16H18N4O3/c21-15(22)13-9-19-14(10-18-13)20-12-3-5-16(23,6-4-12)11-2-1-7-17-8-11/h1-2,7-10,12,23H,3-6H2,(H,19,20)(H,21,22). The van der Waals surface area contributed by atoms with Gasteiger partial charge in [-0.3, -0.25) is 4.98 Å². The van der Waals surface area contributed by atoms with Gasteiger partial charge in [0.15, 0.2) is 5.69 Å². The normalized spacial score (nSPS) is 24.1. The van der Waals surface area contributed by atoms with Crippen LogP contribution >= 0.6 is 0 Å². The van der Waals surface area contributed by atoms with E-state index in [4.69, 9.17) is 5.11 Å². The van der Waals surface area contributed by atoms with Crippen molar-refractivity contribution in [3.63, 3.8) is 0 Å². The van der Waals surface area contributed by atoms with Crippen molar-refractivity contribution in [1.29, 1.82) is 0 Å². The molecular weight excluding hydrogens is 296 g/mol. The molecule has 0 radical (unpaired) electrons. The van der Waals surface area contributed by atoms with E-state index in [9.17, 15) is 9.90 Å². The number of carbonyl (C=O) groups is 1. The van der Waals surface area contributed by atoms with E-state index in [1.807, 2.05) is 12.1 Å². The number of aromatic nitrogens is 3. The molecule has 2 aromatic rings. The maximum absolute atomic E-state index is 10.8. The van der Waals surface area contributed by atoms with Gasteiger partial charge >= 0.3 is 5.97 Å². The number of hydrogen-bond donors (Lipinski definition) is 3. The molecule has 0 aromatic carbocycles. The molecule has 3 rings (SSSR count). The summed E-state index contributed by atoms with van der Waals surface area (Å²) in [4.78, 5) is 22.7. The first-order valence-corrected chi connectivity index (χ1v) is 7.51. The Hall–Kier alpha value is -2.54. The molecule has 3 N–H and O–H groups in total. The lowest BCUT2D eigenvalue weighted by Gasteiger charge is -2.36. The summed E-state index contributed by atoms with van der Waals surface area (Å²) in [7, 11) is 0. The molecule has 0 bridgehead atoms. The molecule has 2 aromatic heterocycles. The average Bonchev–Trinajstić information content (AvgIpc) is 2.58. The number of nitrogens with one attached hydrogen (secondary N) is 1. The zero-order valence-electron chi connectivity index (χ0n) is 12.5. The SMILES string of the molecule is O=C(O)c1cnc(NC2CCC(O)(c3cccnc3)CC2)cn1. The number of hydrogen-bond acceptors (Lipinski definition) is 6. The number of anilines is 1. The Morgan fingerprint density at radius 1 is 1.22 bits per heavy atom. The summed E-state index contributed by atoms with van der Waals surface area (Å²) in [5, 5.41) is 22.8. The van der Waals surface area contributed by atoms with Crippen LogP contribution in [0.3, 0.4) is 0 Å². The molecule has 23 heavy (non-hydrogen) atoms. The minimum Gasteiger partial charge on any atom is -0.476 e. The van der Waals surface area contributed by atoms with Crippen molar-refractivity contribution in [2.75, 3.05) is 5.32 Å². The molecule has 0 spiro atoms. The number of carboxylic acids is 1. The van der Waals surface area contributed by atoms with Gasteiger partial charge in [-0.25, -0.2) is 14.8 Å². The number of carboxylic acid groups (broad SMARTS) is 1. The molecule has 7 nitrogen and oxygen atoms in total. The molecule has 1 saturated carbocycles. The fourth-order valence-corrected chi connectivity index (χ4v) is 2.89. The molecule has 1 aliphatic rings. The van der Waals surface area contributed by atoms with Crippen LogP contribution in [-0.2, 0) is 5.60 Å². The predicted molar refractivity (Wildman–Crippen MR) is 83.0 cm³/mol. The van der Waals surface area contributed by atoms with Crippen LogP contribution in [0.25, 0.3) is 0 Å². The van der Waals surface area contributed by atoms with E-state index in [1.54, 1.807) is 12.4 Å². The maximum Gasteiger partial charge on any atom is 0.356 e. The minimum atomic E-state index is -1.09. The molecule has 120 valence electrons. The molecule has 0 amide bonds. The number of aromatic carboxylic acids is 1. The fraction of sp³-hybridized carbons (Fsp3) is 0.375. The highest BCUT2D eigenvalue weighted by Gasteiger charge is 2.35. The molecule has 1 aliphatic carbocycles. The molecule has 0 saturated heterocycles. The van der Waals surface area contributed by atoms with Crippen LogP contribution in [0.5, 0.6) is 0 Å². The van der Waals surface area contributed by atoms with Crippen molar-refractivity contribution < 1.29 is 15.0 Å². The van der Waals surface area contributed by atoms with Gasteiger partial charge < -0.3 is 15.5 Å². The average molecular weight is 314 g/mol. The summed E-state index contributed by atoms with van der Waals surface area (Å²) in [6.07, 6.45) is 8.91. The second kappa shape index (κ2) is 6.29. The van der Waals surface area contributed by atoms with Crippen LogP contribution in [0.1, 0.15) is 41.7 Å². The summed E-state index contributed by atoms with van der Waals surface area (Å²) in [6.45, 7) is 0. The molecule has 7 heteroatoms. The largest absolute Gasteiger partial charge is 0.476 e. The molecule has 2 heterocycles. The number of rotatable bonds is 4. The van der Waals surface area contributed by atoms with Crippen LogP contribution in [0.2, 0.25) is 0 Å². The van der Waals surface area contributed by atoms with E-state index in [2.05, 4.69) is 20.3 Å². The maximum atomic E-state index is 10.8. The van der Waals surface area contributed by atoms with Crippen LogP contribution < -0.4 is 5.32 Å². The third-order valence-electron chi connectivity index (χ3n) is 4.23. The van der Waals surface area contributed by atoms with Crippen molar-refractivity contribution in [1.82, 2.24) is 15.0 Å². The number of pyridine rings is 1. The minimum absolute atomic E-state index is 0.0786. The Labute approximate surface area is 133 Å². The summed E-state index contributed by atoms with van der Waals surface area (Å²) < 4.78 is 0. The van der Waals surface area contributed by atoms with Crippen LogP contribution in [0, 0.1) is 0 Å². The van der Waals surface area contributed by atoms with E-state index in [0.717, 1.165) is 18.4 Å². The van der Waals surface area contributed by atoms with Crippen molar-refractivity contribution in [3.8, 4) is 0 Å². The van der Waals surface area contributed by atoms with Gasteiger partial charge in [-0.2, -0.15) is 0 Å². The third kappa shape index (κ3) is 3.45. The topological polar surface area (TPSA) is 108 Å². The van der Waals surface area contributed by atoms with Crippen molar-refractivity contribution in [2.45, 2.75) is 37.3 Å². The summed E-state index contributed by atoms with van der Waals surface area (Å²) in [5.74, 6) is -0.546. The van der Waals surface area contributed by atoms with Gasteiger partial charge in [0, 0.05) is 24.0 Å². The lowest BCUT2D eigenvalue weighted by atomic mass is 9.78. The summed E-state index contributed by atoms with van der Waals surface area (Å²) >= 11 is 0. The Kier molecular flexibility index (Phi) is 4.20. The first-order chi connectivity index (χ1) is 11.1. The third-order valence-corrected chi connectivity index (χ3v) is 4.23. The summed E-state index contributed by atoms with van der Waals surface area (Å²) in [6, 6.07) is 3.91. The fourth-order valence-electron chi connectivity index (χ4n) is 2.89. The van der Waals surface area contributed by atoms with Gasteiger partial charge in [0.1, 0.15) is 5.82 Å². The van der Waals surface area contributed by atoms with E-state index >= 15 is 0 Å². The van der Waals surface area contributed by atoms with Crippen LogP contribution in [0.15, 0.2) is 36.9 Å². The Bertz CT molecular complexity index is 667.